The molecule has 0 spiro atoms. The zero-order chi connectivity index (χ0) is 16.1. The quantitative estimate of drug-likeness (QED) is 0.642. The number of ether oxygens (including phenoxy) is 1. The molecule has 122 valence electrons. The second kappa shape index (κ2) is 7.61. The largest absolute Gasteiger partial charge is 0.489 e. The first kappa shape index (κ1) is 16.8. The van der Waals surface area contributed by atoms with E-state index in [0.717, 1.165) is 32.7 Å². The number of carbonyl (C=O) groups is 1. The van der Waals surface area contributed by atoms with E-state index in [1.165, 1.54) is 0 Å². The van der Waals surface area contributed by atoms with E-state index >= 15 is 0 Å². The third-order valence-corrected chi connectivity index (χ3v) is 3.95. The van der Waals surface area contributed by atoms with Gasteiger partial charge in [0.05, 0.1) is 11.8 Å². The van der Waals surface area contributed by atoms with Gasteiger partial charge in [-0.3, -0.25) is 4.79 Å². The van der Waals surface area contributed by atoms with Crippen molar-refractivity contribution in [2.75, 3.05) is 45.5 Å². The van der Waals surface area contributed by atoms with Gasteiger partial charge in [0.2, 0.25) is 0 Å². The summed E-state index contributed by atoms with van der Waals surface area (Å²) < 4.78 is 5.60. The Labute approximate surface area is 133 Å². The fourth-order valence-electron chi connectivity index (χ4n) is 2.56. The standard InChI is InChI=1S/C17H27N3O2/c1-13(2)22-17-5-4-14(12-15(17)18)16(21)6-7-20-10-8-19(3)9-11-20/h4-5,12-13H,6-11,18H2,1-3H3. The van der Waals surface area contributed by atoms with Crippen LogP contribution < -0.4 is 10.5 Å². The Morgan fingerprint density at radius 2 is 1.95 bits per heavy atom. The highest BCUT2D eigenvalue weighted by Crippen LogP contribution is 2.24. The highest BCUT2D eigenvalue weighted by molar-refractivity contribution is 5.97. The van der Waals surface area contributed by atoms with Gasteiger partial charge >= 0.3 is 0 Å². The fourth-order valence-corrected chi connectivity index (χ4v) is 2.56. The Bertz CT molecular complexity index is 509. The van der Waals surface area contributed by atoms with E-state index in [2.05, 4.69) is 16.8 Å². The summed E-state index contributed by atoms with van der Waals surface area (Å²) in [6.45, 7) is 8.94. The summed E-state index contributed by atoms with van der Waals surface area (Å²) in [6.07, 6.45) is 0.606. The molecule has 5 heteroatoms. The minimum atomic E-state index is 0.0704. The summed E-state index contributed by atoms with van der Waals surface area (Å²) >= 11 is 0. The van der Waals surface area contributed by atoms with Crippen LogP contribution in [-0.4, -0.2) is 61.5 Å². The van der Waals surface area contributed by atoms with Gasteiger partial charge in [0, 0.05) is 44.7 Å². The van der Waals surface area contributed by atoms with Crippen molar-refractivity contribution in [3.05, 3.63) is 23.8 Å². The molecule has 1 saturated heterocycles. The molecular weight excluding hydrogens is 278 g/mol. The van der Waals surface area contributed by atoms with Crippen molar-refractivity contribution < 1.29 is 9.53 Å². The molecule has 5 nitrogen and oxygen atoms in total. The normalized spacial score (nSPS) is 16.9. The second-order valence-electron chi connectivity index (χ2n) is 6.24. The summed E-state index contributed by atoms with van der Waals surface area (Å²) in [5, 5.41) is 0. The van der Waals surface area contributed by atoms with Crippen LogP contribution in [0.5, 0.6) is 5.75 Å². The molecule has 22 heavy (non-hydrogen) atoms. The molecule has 0 atom stereocenters. The minimum Gasteiger partial charge on any atom is -0.489 e. The zero-order valence-corrected chi connectivity index (χ0v) is 13.8. The lowest BCUT2D eigenvalue weighted by Gasteiger charge is -2.32. The van der Waals surface area contributed by atoms with Crippen LogP contribution in [-0.2, 0) is 0 Å². The highest BCUT2D eigenvalue weighted by Gasteiger charge is 2.16. The number of nitrogens with two attached hydrogens (primary N) is 1. The first-order chi connectivity index (χ1) is 10.5. The molecule has 0 unspecified atom stereocenters. The van der Waals surface area contributed by atoms with Crippen molar-refractivity contribution in [1.82, 2.24) is 9.80 Å². The number of hydrogen-bond donors (Lipinski definition) is 1. The lowest BCUT2D eigenvalue weighted by molar-refractivity contribution is 0.0942. The maximum Gasteiger partial charge on any atom is 0.164 e. The molecule has 2 rings (SSSR count). The predicted octanol–water partition coefficient (Wildman–Crippen LogP) is 1.88. The summed E-state index contributed by atoms with van der Waals surface area (Å²) in [4.78, 5) is 17.0. The lowest BCUT2D eigenvalue weighted by atomic mass is 10.1. The van der Waals surface area contributed by atoms with Crippen LogP contribution >= 0.6 is 0 Å². The number of rotatable bonds is 6. The zero-order valence-electron chi connectivity index (χ0n) is 13.8. The molecule has 1 fully saturated rings. The second-order valence-corrected chi connectivity index (χ2v) is 6.24. The van der Waals surface area contributed by atoms with Gasteiger partial charge < -0.3 is 20.3 Å². The predicted molar refractivity (Wildman–Crippen MR) is 89.5 cm³/mol. The van der Waals surface area contributed by atoms with E-state index in [0.29, 0.717) is 23.4 Å². The van der Waals surface area contributed by atoms with Gasteiger partial charge in [-0.15, -0.1) is 0 Å². The number of carbonyl (C=O) groups excluding carboxylic acids is 1. The minimum absolute atomic E-state index is 0.0704. The number of Topliss-reactive ketones (excluding diaryl/α,β-unsaturated/α-hetero) is 1. The van der Waals surface area contributed by atoms with Crippen LogP contribution in [0, 0.1) is 0 Å². The van der Waals surface area contributed by atoms with Gasteiger partial charge in [-0.2, -0.15) is 0 Å². The van der Waals surface area contributed by atoms with E-state index in [1.807, 2.05) is 13.8 Å². The Morgan fingerprint density at radius 3 is 2.55 bits per heavy atom. The molecule has 0 bridgehead atoms. The van der Waals surface area contributed by atoms with Gasteiger partial charge in [-0.05, 0) is 39.1 Å². The monoisotopic (exact) mass is 305 g/mol. The van der Waals surface area contributed by atoms with Crippen molar-refractivity contribution in [1.29, 1.82) is 0 Å². The number of piperazine rings is 1. The van der Waals surface area contributed by atoms with Gasteiger partial charge in [0.25, 0.3) is 0 Å². The van der Waals surface area contributed by atoms with E-state index in [4.69, 9.17) is 10.5 Å². The molecule has 0 saturated carbocycles. The maximum atomic E-state index is 12.3. The Morgan fingerprint density at radius 1 is 1.27 bits per heavy atom. The number of benzene rings is 1. The van der Waals surface area contributed by atoms with E-state index < -0.39 is 0 Å². The summed E-state index contributed by atoms with van der Waals surface area (Å²) in [5.41, 5.74) is 7.16. The first-order valence-corrected chi connectivity index (χ1v) is 7.96. The van der Waals surface area contributed by atoms with Crippen LogP contribution in [0.4, 0.5) is 5.69 Å². The molecule has 0 aromatic heterocycles. The molecule has 0 amide bonds. The molecule has 2 N–H and O–H groups in total. The smallest absolute Gasteiger partial charge is 0.164 e. The average molecular weight is 305 g/mol. The average Bonchev–Trinajstić information content (AvgIpc) is 2.48. The molecule has 1 aliphatic rings. The Hall–Kier alpha value is -1.59. The molecule has 1 heterocycles. The summed E-state index contributed by atoms with van der Waals surface area (Å²) in [6, 6.07) is 5.32. The molecule has 1 aliphatic heterocycles. The molecular formula is C17H27N3O2. The van der Waals surface area contributed by atoms with E-state index in [1.54, 1.807) is 18.2 Å². The van der Waals surface area contributed by atoms with E-state index in [9.17, 15) is 4.79 Å². The molecule has 1 aromatic carbocycles. The molecule has 0 radical (unpaired) electrons. The lowest BCUT2D eigenvalue weighted by Crippen LogP contribution is -2.45. The van der Waals surface area contributed by atoms with Crippen LogP contribution in [0.2, 0.25) is 0 Å². The third-order valence-electron chi connectivity index (χ3n) is 3.95. The topological polar surface area (TPSA) is 58.8 Å². The number of nitrogen functional groups attached to an aromatic ring is 1. The van der Waals surface area contributed by atoms with Crippen LogP contribution in [0.1, 0.15) is 30.6 Å². The number of likely N-dealkylation sites (N-methyl/N-ethyl adjacent to an activating group) is 1. The summed E-state index contributed by atoms with van der Waals surface area (Å²) in [7, 11) is 2.13. The Balaban J connectivity index is 1.88. The molecule has 0 aliphatic carbocycles. The van der Waals surface area contributed by atoms with Crippen molar-refractivity contribution >= 4 is 11.5 Å². The number of nitrogens with zero attached hydrogens (tertiary/aromatic N) is 2. The van der Waals surface area contributed by atoms with Crippen molar-refractivity contribution in [3.63, 3.8) is 0 Å². The highest BCUT2D eigenvalue weighted by atomic mass is 16.5. The van der Waals surface area contributed by atoms with Gasteiger partial charge in [-0.25, -0.2) is 0 Å². The third kappa shape index (κ3) is 4.71. The van der Waals surface area contributed by atoms with Crippen molar-refractivity contribution in [2.24, 2.45) is 0 Å². The fraction of sp³-hybridized carbons (Fsp3) is 0.588. The number of hydrogen-bond acceptors (Lipinski definition) is 5. The van der Waals surface area contributed by atoms with Crippen LogP contribution in [0.25, 0.3) is 0 Å². The number of ketones is 1. The Kier molecular flexibility index (Phi) is 5.80. The molecule has 1 aromatic rings. The van der Waals surface area contributed by atoms with Crippen molar-refractivity contribution in [3.8, 4) is 5.75 Å². The van der Waals surface area contributed by atoms with Crippen molar-refractivity contribution in [2.45, 2.75) is 26.4 Å². The van der Waals surface area contributed by atoms with Crippen LogP contribution in [0.15, 0.2) is 18.2 Å². The maximum absolute atomic E-state index is 12.3. The van der Waals surface area contributed by atoms with Crippen LogP contribution in [0.3, 0.4) is 0 Å². The van der Waals surface area contributed by atoms with E-state index in [-0.39, 0.29) is 11.9 Å². The number of anilines is 1. The summed E-state index contributed by atoms with van der Waals surface area (Å²) in [5.74, 6) is 0.785. The SMILES string of the molecule is CC(C)Oc1ccc(C(=O)CCN2CCN(C)CC2)cc1N. The van der Waals surface area contributed by atoms with Gasteiger partial charge in [0.15, 0.2) is 5.78 Å². The van der Waals surface area contributed by atoms with Gasteiger partial charge in [0.1, 0.15) is 5.75 Å². The first-order valence-electron chi connectivity index (χ1n) is 7.96. The van der Waals surface area contributed by atoms with Gasteiger partial charge in [-0.1, -0.05) is 0 Å².